The molecule has 1 aromatic heterocycles. The van der Waals surface area contributed by atoms with Crippen LogP contribution in [0.1, 0.15) is 5.56 Å². The molecule has 1 heterocycles. The Morgan fingerprint density at radius 2 is 2.00 bits per heavy atom. The largest absolute Gasteiger partial charge is 0.481 e. The number of amides is 2. The molecule has 0 aliphatic rings. The number of aromatic nitrogens is 1. The third kappa shape index (κ3) is 3.70. The predicted octanol–water partition coefficient (Wildman–Crippen LogP) is 4.70. The zero-order valence-corrected chi connectivity index (χ0v) is 15.0. The maximum absolute atomic E-state index is 13.2. The number of halogens is 2. The van der Waals surface area contributed by atoms with Crippen molar-refractivity contribution in [3.8, 4) is 5.88 Å². The second-order valence-corrected chi connectivity index (χ2v) is 6.16. The summed E-state index contributed by atoms with van der Waals surface area (Å²) in [5.74, 6) is 0.00575. The lowest BCUT2D eigenvalue weighted by Crippen LogP contribution is -2.31. The zero-order valence-electron chi connectivity index (χ0n) is 14.3. The Labute approximate surface area is 155 Å². The van der Waals surface area contributed by atoms with E-state index in [1.165, 1.54) is 23.1 Å². The molecule has 0 spiro atoms. The fourth-order valence-electron chi connectivity index (χ4n) is 2.63. The quantitative estimate of drug-likeness (QED) is 0.721. The number of hydrogen-bond acceptors (Lipinski definition) is 3. The van der Waals surface area contributed by atoms with Crippen molar-refractivity contribution in [2.24, 2.45) is 0 Å². The second-order valence-electron chi connectivity index (χ2n) is 5.75. The van der Waals surface area contributed by atoms with Crippen LogP contribution >= 0.6 is 11.6 Å². The maximum atomic E-state index is 13.2. The van der Waals surface area contributed by atoms with Crippen molar-refractivity contribution in [2.75, 3.05) is 19.5 Å². The van der Waals surface area contributed by atoms with Crippen LogP contribution in [-0.4, -0.2) is 30.1 Å². The number of carbonyl (C=O) groups excluding carboxylic acids is 1. The van der Waals surface area contributed by atoms with Crippen LogP contribution in [0.25, 0.3) is 10.8 Å². The maximum Gasteiger partial charge on any atom is 0.321 e. The number of benzene rings is 2. The Morgan fingerprint density at radius 1 is 1.27 bits per heavy atom. The molecular formula is C19H17ClFN3O2. The summed E-state index contributed by atoms with van der Waals surface area (Å²) < 4.78 is 18.5. The number of fused-ring (bicyclic) bond motifs is 1. The van der Waals surface area contributed by atoms with Crippen LogP contribution in [0.5, 0.6) is 5.88 Å². The van der Waals surface area contributed by atoms with E-state index in [1.807, 2.05) is 24.3 Å². The van der Waals surface area contributed by atoms with Crippen LogP contribution < -0.4 is 10.1 Å². The molecule has 0 aliphatic carbocycles. The zero-order chi connectivity index (χ0) is 18.7. The number of nitrogens with zero attached hydrogens (tertiary/aromatic N) is 2. The summed E-state index contributed by atoms with van der Waals surface area (Å²) in [4.78, 5) is 18.2. The number of rotatable bonds is 4. The van der Waals surface area contributed by atoms with Gasteiger partial charge >= 0.3 is 6.03 Å². The van der Waals surface area contributed by atoms with E-state index < -0.39 is 5.82 Å². The van der Waals surface area contributed by atoms with Gasteiger partial charge in [-0.3, -0.25) is 0 Å². The molecule has 1 N–H and O–H groups in total. The number of carbonyl (C=O) groups is 1. The van der Waals surface area contributed by atoms with E-state index >= 15 is 0 Å². The molecule has 0 fully saturated rings. The summed E-state index contributed by atoms with van der Waals surface area (Å²) in [6.07, 6.45) is 1.69. The van der Waals surface area contributed by atoms with E-state index in [1.54, 1.807) is 20.4 Å². The number of urea groups is 1. The molecule has 3 rings (SSSR count). The van der Waals surface area contributed by atoms with E-state index in [0.717, 1.165) is 16.3 Å². The Morgan fingerprint density at radius 3 is 2.69 bits per heavy atom. The van der Waals surface area contributed by atoms with E-state index in [-0.39, 0.29) is 11.1 Å². The smallest absolute Gasteiger partial charge is 0.321 e. The first-order valence-corrected chi connectivity index (χ1v) is 8.25. The molecule has 134 valence electrons. The van der Waals surface area contributed by atoms with Crippen LogP contribution in [0, 0.1) is 5.82 Å². The molecule has 26 heavy (non-hydrogen) atoms. The van der Waals surface area contributed by atoms with Crippen molar-refractivity contribution >= 4 is 34.1 Å². The first-order chi connectivity index (χ1) is 12.5. The third-order valence-corrected chi connectivity index (χ3v) is 4.25. The van der Waals surface area contributed by atoms with Crippen molar-refractivity contribution in [1.82, 2.24) is 9.88 Å². The van der Waals surface area contributed by atoms with Gasteiger partial charge in [0.15, 0.2) is 0 Å². The minimum atomic E-state index is -0.534. The Kier molecular flexibility index (Phi) is 5.23. The summed E-state index contributed by atoms with van der Waals surface area (Å²) in [5.41, 5.74) is 1.31. The highest BCUT2D eigenvalue weighted by atomic mass is 35.5. The van der Waals surface area contributed by atoms with Crippen molar-refractivity contribution in [2.45, 2.75) is 6.54 Å². The summed E-state index contributed by atoms with van der Waals surface area (Å²) in [6, 6.07) is 11.4. The van der Waals surface area contributed by atoms with Crippen LogP contribution in [0.15, 0.2) is 48.7 Å². The van der Waals surface area contributed by atoms with E-state index in [0.29, 0.717) is 18.1 Å². The van der Waals surface area contributed by atoms with Gasteiger partial charge in [-0.05, 0) is 35.2 Å². The number of ether oxygens (including phenoxy) is 1. The van der Waals surface area contributed by atoms with Gasteiger partial charge in [0.1, 0.15) is 5.82 Å². The highest BCUT2D eigenvalue weighted by molar-refractivity contribution is 6.31. The number of hydrogen-bond donors (Lipinski definition) is 1. The fraction of sp³-hybridized carbons (Fsp3) is 0.158. The first-order valence-electron chi connectivity index (χ1n) is 7.87. The van der Waals surface area contributed by atoms with Crippen molar-refractivity contribution in [1.29, 1.82) is 0 Å². The Bertz CT molecular complexity index is 965. The van der Waals surface area contributed by atoms with Gasteiger partial charge in [0.25, 0.3) is 0 Å². The second kappa shape index (κ2) is 7.58. The molecule has 0 aliphatic heterocycles. The van der Waals surface area contributed by atoms with Crippen molar-refractivity contribution < 1.29 is 13.9 Å². The minimum absolute atomic E-state index is 0.0456. The van der Waals surface area contributed by atoms with Crippen LogP contribution in [0.2, 0.25) is 5.02 Å². The van der Waals surface area contributed by atoms with Crippen LogP contribution in [0.4, 0.5) is 14.9 Å². The summed E-state index contributed by atoms with van der Waals surface area (Å²) >= 11 is 5.74. The number of anilines is 1. The van der Waals surface area contributed by atoms with Gasteiger partial charge in [0.05, 0.1) is 12.1 Å². The Hall–Kier alpha value is -2.86. The fourth-order valence-corrected chi connectivity index (χ4v) is 2.81. The minimum Gasteiger partial charge on any atom is -0.481 e. The molecule has 7 heteroatoms. The lowest BCUT2D eigenvalue weighted by atomic mass is 10.1. The van der Waals surface area contributed by atoms with Gasteiger partial charge in [-0.25, -0.2) is 14.2 Å². The topological polar surface area (TPSA) is 54.5 Å². The molecule has 2 aromatic carbocycles. The monoisotopic (exact) mass is 373 g/mol. The number of pyridine rings is 1. The van der Waals surface area contributed by atoms with Crippen molar-refractivity contribution in [3.05, 3.63) is 65.1 Å². The van der Waals surface area contributed by atoms with Crippen LogP contribution in [-0.2, 0) is 6.54 Å². The lowest BCUT2D eigenvalue weighted by Gasteiger charge is -2.19. The van der Waals surface area contributed by atoms with Gasteiger partial charge in [-0.2, -0.15) is 0 Å². The average molecular weight is 374 g/mol. The van der Waals surface area contributed by atoms with E-state index in [9.17, 15) is 9.18 Å². The first kappa shape index (κ1) is 17.9. The summed E-state index contributed by atoms with van der Waals surface area (Å²) in [7, 11) is 3.24. The highest BCUT2D eigenvalue weighted by Crippen LogP contribution is 2.26. The van der Waals surface area contributed by atoms with Gasteiger partial charge in [-0.15, -0.1) is 0 Å². The van der Waals surface area contributed by atoms with Gasteiger partial charge in [0.2, 0.25) is 5.88 Å². The van der Waals surface area contributed by atoms with Gasteiger partial charge in [0, 0.05) is 30.9 Å². The Balaban J connectivity index is 1.79. The number of methoxy groups -OCH3 is 1. The molecule has 0 bridgehead atoms. The lowest BCUT2D eigenvalue weighted by molar-refractivity contribution is 0.221. The van der Waals surface area contributed by atoms with Gasteiger partial charge in [-0.1, -0.05) is 29.8 Å². The van der Waals surface area contributed by atoms with E-state index in [2.05, 4.69) is 10.3 Å². The standard InChI is InChI=1S/C19H17ClFN3O2/c1-24(19(25)23-13-7-8-17(21)16(20)9-13)11-12-10-22-18(26-2)15-6-4-3-5-14(12)15/h3-10H,11H2,1-2H3,(H,23,25). The highest BCUT2D eigenvalue weighted by Gasteiger charge is 2.14. The molecule has 3 aromatic rings. The summed E-state index contributed by atoms with van der Waals surface area (Å²) in [5, 5.41) is 4.49. The molecule has 0 saturated carbocycles. The summed E-state index contributed by atoms with van der Waals surface area (Å²) in [6.45, 7) is 0.346. The molecular weight excluding hydrogens is 357 g/mol. The molecule has 5 nitrogen and oxygen atoms in total. The normalized spacial score (nSPS) is 10.6. The number of nitrogens with one attached hydrogen (secondary N) is 1. The SMILES string of the molecule is COc1ncc(CN(C)C(=O)Nc2ccc(F)c(Cl)c2)c2ccccc12. The molecule has 0 saturated heterocycles. The molecule has 2 amide bonds. The molecule has 0 radical (unpaired) electrons. The van der Waals surface area contributed by atoms with Gasteiger partial charge < -0.3 is 15.0 Å². The third-order valence-electron chi connectivity index (χ3n) is 3.96. The molecule has 0 unspecified atom stereocenters. The van der Waals surface area contributed by atoms with E-state index in [4.69, 9.17) is 16.3 Å². The van der Waals surface area contributed by atoms with Crippen molar-refractivity contribution in [3.63, 3.8) is 0 Å². The average Bonchev–Trinajstić information content (AvgIpc) is 2.65. The molecule has 0 atom stereocenters. The van der Waals surface area contributed by atoms with Crippen LogP contribution in [0.3, 0.4) is 0 Å². The predicted molar refractivity (Wildman–Crippen MR) is 100 cm³/mol.